The molecule has 124 valence electrons. The second kappa shape index (κ2) is 6.84. The second-order valence-electron chi connectivity index (χ2n) is 5.20. The van der Waals surface area contributed by atoms with Crippen LogP contribution in [0.4, 0.5) is 19.1 Å². The van der Waals surface area contributed by atoms with E-state index in [0.717, 1.165) is 23.0 Å². The molecule has 0 amide bonds. The maximum Gasteiger partial charge on any atom is 0.223 e. The average molecular weight is 333 g/mol. The molecule has 1 N–H and O–H groups in total. The molecule has 0 saturated heterocycles. The summed E-state index contributed by atoms with van der Waals surface area (Å²) in [4.78, 5) is 8.52. The largest absolute Gasteiger partial charge is 0.382 e. The number of ether oxygens (including phenoxy) is 1. The van der Waals surface area contributed by atoms with Crippen molar-refractivity contribution in [3.05, 3.63) is 65.6 Å². The lowest BCUT2D eigenvalue weighted by atomic mass is 10.1. The van der Waals surface area contributed by atoms with E-state index in [9.17, 15) is 13.2 Å². The number of methoxy groups -OCH3 is 1. The lowest BCUT2D eigenvalue weighted by molar-refractivity contribution is 0.186. The van der Waals surface area contributed by atoms with Crippen LogP contribution in [0, 0.1) is 17.5 Å². The number of benzene rings is 2. The van der Waals surface area contributed by atoms with Gasteiger partial charge in [-0.2, -0.15) is 0 Å². The Bertz CT molecular complexity index is 850. The summed E-state index contributed by atoms with van der Waals surface area (Å²) in [5.74, 6) is -3.74. The van der Waals surface area contributed by atoms with Crippen LogP contribution in [0.15, 0.2) is 42.6 Å². The predicted octanol–water partition coefficient (Wildman–Crippen LogP) is 3.85. The Hall–Kier alpha value is -2.67. The molecule has 0 bridgehead atoms. The third kappa shape index (κ3) is 3.30. The molecule has 7 heteroatoms. The third-order valence-corrected chi connectivity index (χ3v) is 3.53. The Balaban J connectivity index is 1.93. The van der Waals surface area contributed by atoms with Gasteiger partial charge < -0.3 is 10.1 Å². The van der Waals surface area contributed by atoms with Crippen LogP contribution in [0.1, 0.15) is 11.6 Å². The van der Waals surface area contributed by atoms with Crippen molar-refractivity contribution in [1.29, 1.82) is 0 Å². The SMILES string of the molecule is COCC(Nc1ncc2ccccc2n1)c1cc(F)c(F)c(F)c1. The van der Waals surface area contributed by atoms with E-state index in [1.54, 1.807) is 6.20 Å². The van der Waals surface area contributed by atoms with Crippen LogP contribution in [0.3, 0.4) is 0 Å². The molecule has 0 fully saturated rings. The molecule has 1 atom stereocenters. The minimum atomic E-state index is -1.50. The first-order valence-electron chi connectivity index (χ1n) is 7.20. The van der Waals surface area contributed by atoms with Gasteiger partial charge >= 0.3 is 0 Å². The Morgan fingerprint density at radius 2 is 1.83 bits per heavy atom. The molecular weight excluding hydrogens is 319 g/mol. The number of nitrogens with zero attached hydrogens (tertiary/aromatic N) is 2. The zero-order valence-electron chi connectivity index (χ0n) is 12.8. The van der Waals surface area contributed by atoms with E-state index in [-0.39, 0.29) is 18.1 Å². The number of para-hydroxylation sites is 1. The van der Waals surface area contributed by atoms with Crippen molar-refractivity contribution in [2.24, 2.45) is 0 Å². The first kappa shape index (κ1) is 16.2. The summed E-state index contributed by atoms with van der Waals surface area (Å²) in [6.45, 7) is 0.0979. The van der Waals surface area contributed by atoms with Gasteiger partial charge in [0.25, 0.3) is 0 Å². The van der Waals surface area contributed by atoms with Crippen molar-refractivity contribution in [1.82, 2.24) is 9.97 Å². The van der Waals surface area contributed by atoms with E-state index in [1.165, 1.54) is 7.11 Å². The molecule has 1 unspecified atom stereocenters. The predicted molar refractivity (Wildman–Crippen MR) is 84.1 cm³/mol. The normalized spacial score (nSPS) is 12.3. The van der Waals surface area contributed by atoms with Crippen molar-refractivity contribution in [2.75, 3.05) is 19.0 Å². The quantitative estimate of drug-likeness (QED) is 0.721. The number of rotatable bonds is 5. The van der Waals surface area contributed by atoms with Crippen LogP contribution in [0.25, 0.3) is 10.9 Å². The zero-order valence-corrected chi connectivity index (χ0v) is 12.8. The molecule has 4 nitrogen and oxygen atoms in total. The molecule has 3 aromatic rings. The summed E-state index contributed by atoms with van der Waals surface area (Å²) in [5, 5.41) is 3.83. The zero-order chi connectivity index (χ0) is 17.1. The second-order valence-corrected chi connectivity index (χ2v) is 5.20. The minimum absolute atomic E-state index is 0.0979. The molecule has 3 rings (SSSR count). The first-order valence-corrected chi connectivity index (χ1v) is 7.20. The Morgan fingerprint density at radius 3 is 2.54 bits per heavy atom. The molecule has 2 aromatic carbocycles. The summed E-state index contributed by atoms with van der Waals surface area (Å²) >= 11 is 0. The van der Waals surface area contributed by atoms with Gasteiger partial charge in [-0.3, -0.25) is 0 Å². The van der Waals surface area contributed by atoms with Crippen LogP contribution in [-0.2, 0) is 4.74 Å². The van der Waals surface area contributed by atoms with Gasteiger partial charge in [0.05, 0.1) is 18.2 Å². The number of hydrogen-bond acceptors (Lipinski definition) is 4. The van der Waals surface area contributed by atoms with Gasteiger partial charge in [-0.05, 0) is 23.8 Å². The molecule has 0 aliphatic rings. The number of fused-ring (bicyclic) bond motifs is 1. The van der Waals surface area contributed by atoms with E-state index in [0.29, 0.717) is 0 Å². The summed E-state index contributed by atoms with van der Waals surface area (Å²) in [7, 11) is 1.45. The molecule has 0 aliphatic heterocycles. The van der Waals surface area contributed by atoms with Crippen LogP contribution >= 0.6 is 0 Å². The first-order chi connectivity index (χ1) is 11.6. The van der Waals surface area contributed by atoms with Gasteiger partial charge in [0.15, 0.2) is 17.5 Å². The Labute approximate surface area is 136 Å². The highest BCUT2D eigenvalue weighted by molar-refractivity contribution is 5.78. The van der Waals surface area contributed by atoms with Crippen molar-refractivity contribution >= 4 is 16.9 Å². The average Bonchev–Trinajstić information content (AvgIpc) is 2.59. The summed E-state index contributed by atoms with van der Waals surface area (Å²) in [5.41, 5.74) is 0.924. The third-order valence-electron chi connectivity index (χ3n) is 3.53. The lowest BCUT2D eigenvalue weighted by Gasteiger charge is -2.19. The van der Waals surface area contributed by atoms with E-state index >= 15 is 0 Å². The van der Waals surface area contributed by atoms with Crippen LogP contribution in [-0.4, -0.2) is 23.7 Å². The number of anilines is 1. The summed E-state index contributed by atoms with van der Waals surface area (Å²) < 4.78 is 45.2. The Kier molecular flexibility index (Phi) is 4.61. The molecule has 0 spiro atoms. The molecule has 0 aliphatic carbocycles. The molecular formula is C17H14F3N3O. The van der Waals surface area contributed by atoms with Crippen LogP contribution in [0.5, 0.6) is 0 Å². The fourth-order valence-corrected chi connectivity index (χ4v) is 2.36. The fraction of sp³-hybridized carbons (Fsp3) is 0.176. The van der Waals surface area contributed by atoms with Crippen LogP contribution < -0.4 is 5.32 Å². The number of nitrogens with one attached hydrogen (secondary N) is 1. The number of halogens is 3. The van der Waals surface area contributed by atoms with Gasteiger partial charge in [0.1, 0.15) is 0 Å². The van der Waals surface area contributed by atoms with Gasteiger partial charge in [0.2, 0.25) is 5.95 Å². The molecule has 1 heterocycles. The minimum Gasteiger partial charge on any atom is -0.382 e. The number of aromatic nitrogens is 2. The van der Waals surface area contributed by atoms with Crippen molar-refractivity contribution in [3.63, 3.8) is 0 Å². The molecule has 24 heavy (non-hydrogen) atoms. The lowest BCUT2D eigenvalue weighted by Crippen LogP contribution is -2.18. The highest BCUT2D eigenvalue weighted by atomic mass is 19.2. The summed E-state index contributed by atoms with van der Waals surface area (Å²) in [6.07, 6.45) is 1.64. The van der Waals surface area contributed by atoms with Gasteiger partial charge in [-0.15, -0.1) is 0 Å². The summed E-state index contributed by atoms with van der Waals surface area (Å²) in [6, 6.07) is 8.63. The Morgan fingerprint density at radius 1 is 1.12 bits per heavy atom. The maximum absolute atomic E-state index is 13.5. The smallest absolute Gasteiger partial charge is 0.223 e. The van der Waals surface area contributed by atoms with Crippen LogP contribution in [0.2, 0.25) is 0 Å². The van der Waals surface area contributed by atoms with E-state index in [2.05, 4.69) is 15.3 Å². The topological polar surface area (TPSA) is 47.0 Å². The van der Waals surface area contributed by atoms with Crippen molar-refractivity contribution in [3.8, 4) is 0 Å². The van der Waals surface area contributed by atoms with Gasteiger partial charge in [-0.1, -0.05) is 18.2 Å². The molecule has 1 aromatic heterocycles. The monoisotopic (exact) mass is 333 g/mol. The highest BCUT2D eigenvalue weighted by Crippen LogP contribution is 2.23. The van der Waals surface area contributed by atoms with E-state index in [4.69, 9.17) is 4.74 Å². The van der Waals surface area contributed by atoms with Gasteiger partial charge in [0, 0.05) is 18.7 Å². The maximum atomic E-state index is 13.5. The standard InChI is InChI=1S/C17H14F3N3O/c1-24-9-15(11-6-12(18)16(20)13(19)7-11)23-17-21-8-10-4-2-3-5-14(10)22-17/h2-8,15H,9H2,1H3,(H,21,22,23). The number of hydrogen-bond donors (Lipinski definition) is 1. The highest BCUT2D eigenvalue weighted by Gasteiger charge is 2.18. The van der Waals surface area contributed by atoms with Crippen molar-refractivity contribution in [2.45, 2.75) is 6.04 Å². The van der Waals surface area contributed by atoms with E-state index in [1.807, 2.05) is 24.3 Å². The molecule has 0 saturated carbocycles. The molecule has 0 radical (unpaired) electrons. The fourth-order valence-electron chi connectivity index (χ4n) is 2.36. The van der Waals surface area contributed by atoms with E-state index < -0.39 is 23.5 Å². The van der Waals surface area contributed by atoms with Crippen molar-refractivity contribution < 1.29 is 17.9 Å². The van der Waals surface area contributed by atoms with Gasteiger partial charge in [-0.25, -0.2) is 23.1 Å².